The molecule has 2 aromatic carbocycles. The molecule has 0 radical (unpaired) electrons. The molecule has 2 N–H and O–H groups in total. The van der Waals surface area contributed by atoms with E-state index in [9.17, 15) is 9.59 Å². The van der Waals surface area contributed by atoms with Gasteiger partial charge in [0.05, 0.1) is 12.5 Å². The topological polar surface area (TPSA) is 58.2 Å². The van der Waals surface area contributed by atoms with Crippen molar-refractivity contribution in [2.75, 3.05) is 6.54 Å². The average molecular weight is 367 g/mol. The highest BCUT2D eigenvalue weighted by Gasteiger charge is 2.20. The molecule has 2 rings (SSSR count). The molecule has 4 heteroatoms. The summed E-state index contributed by atoms with van der Waals surface area (Å²) in [5, 5.41) is 5.95. The Labute approximate surface area is 162 Å². The molecule has 144 valence electrons. The predicted molar refractivity (Wildman–Crippen MR) is 109 cm³/mol. The summed E-state index contributed by atoms with van der Waals surface area (Å²) >= 11 is 0. The van der Waals surface area contributed by atoms with Gasteiger partial charge >= 0.3 is 0 Å². The first-order chi connectivity index (χ1) is 12.9. The van der Waals surface area contributed by atoms with E-state index in [1.165, 1.54) is 12.5 Å². The number of aryl methyl sites for hydroxylation is 1. The molecule has 0 heterocycles. The van der Waals surface area contributed by atoms with E-state index in [4.69, 9.17) is 0 Å². The SMILES string of the molecule is CC(=O)NC(CC(=O)NCC(c1ccccc1)C(C)C)c1ccc(C)cc1. The van der Waals surface area contributed by atoms with Crippen LogP contribution in [-0.2, 0) is 9.59 Å². The average Bonchev–Trinajstić information content (AvgIpc) is 2.62. The zero-order chi connectivity index (χ0) is 19.8. The monoisotopic (exact) mass is 366 g/mol. The minimum atomic E-state index is -0.322. The lowest BCUT2D eigenvalue weighted by atomic mass is 9.88. The Kier molecular flexibility index (Phi) is 7.59. The first kappa shape index (κ1) is 20.7. The van der Waals surface area contributed by atoms with Gasteiger partial charge in [-0.05, 0) is 24.0 Å². The second kappa shape index (κ2) is 9.91. The van der Waals surface area contributed by atoms with Crippen LogP contribution in [0.5, 0.6) is 0 Å². The van der Waals surface area contributed by atoms with Gasteiger partial charge in [-0.15, -0.1) is 0 Å². The van der Waals surface area contributed by atoms with Crippen molar-refractivity contribution in [2.24, 2.45) is 5.92 Å². The predicted octanol–water partition coefficient (Wildman–Crippen LogP) is 4.12. The summed E-state index contributed by atoms with van der Waals surface area (Å²) in [6.45, 7) is 8.40. The van der Waals surface area contributed by atoms with Crippen LogP contribution in [0.25, 0.3) is 0 Å². The van der Waals surface area contributed by atoms with Gasteiger partial charge < -0.3 is 10.6 Å². The Morgan fingerprint density at radius 3 is 2.11 bits per heavy atom. The Morgan fingerprint density at radius 2 is 1.56 bits per heavy atom. The van der Waals surface area contributed by atoms with Crippen molar-refractivity contribution in [3.63, 3.8) is 0 Å². The third-order valence-electron chi connectivity index (χ3n) is 4.80. The molecule has 0 bridgehead atoms. The Hall–Kier alpha value is -2.62. The summed E-state index contributed by atoms with van der Waals surface area (Å²) < 4.78 is 0. The molecule has 0 aliphatic rings. The molecule has 0 spiro atoms. The van der Waals surface area contributed by atoms with E-state index in [2.05, 4.69) is 36.6 Å². The summed E-state index contributed by atoms with van der Waals surface area (Å²) in [6.07, 6.45) is 0.224. The van der Waals surface area contributed by atoms with Crippen LogP contribution in [0.2, 0.25) is 0 Å². The van der Waals surface area contributed by atoms with Crippen LogP contribution in [0.4, 0.5) is 0 Å². The standard InChI is InChI=1S/C23H30N2O2/c1-16(2)21(19-8-6-5-7-9-19)15-24-23(27)14-22(25-18(4)26)20-12-10-17(3)11-13-20/h5-13,16,21-22H,14-15H2,1-4H3,(H,24,27)(H,25,26). The van der Waals surface area contributed by atoms with E-state index < -0.39 is 0 Å². The molecule has 0 aliphatic heterocycles. The number of carbonyl (C=O) groups excluding carboxylic acids is 2. The van der Waals surface area contributed by atoms with Gasteiger partial charge in [0, 0.05) is 19.4 Å². The summed E-state index contributed by atoms with van der Waals surface area (Å²) in [5.41, 5.74) is 3.31. The first-order valence-electron chi connectivity index (χ1n) is 9.52. The van der Waals surface area contributed by atoms with Crippen LogP contribution in [0.3, 0.4) is 0 Å². The van der Waals surface area contributed by atoms with Crippen molar-refractivity contribution in [1.29, 1.82) is 0 Å². The molecule has 0 aromatic heterocycles. The molecule has 0 aliphatic carbocycles. The molecule has 2 aromatic rings. The maximum absolute atomic E-state index is 12.6. The summed E-state index contributed by atoms with van der Waals surface area (Å²) in [6, 6.07) is 17.8. The van der Waals surface area contributed by atoms with E-state index in [-0.39, 0.29) is 30.2 Å². The number of nitrogens with one attached hydrogen (secondary N) is 2. The molecule has 0 saturated heterocycles. The van der Waals surface area contributed by atoms with E-state index in [1.54, 1.807) is 0 Å². The quantitative estimate of drug-likeness (QED) is 0.738. The first-order valence-corrected chi connectivity index (χ1v) is 9.52. The highest BCUT2D eigenvalue weighted by molar-refractivity contribution is 5.79. The van der Waals surface area contributed by atoms with Gasteiger partial charge in [-0.3, -0.25) is 9.59 Å². The van der Waals surface area contributed by atoms with Gasteiger partial charge in [0.15, 0.2) is 0 Å². The molecule has 4 nitrogen and oxygen atoms in total. The molecule has 2 amide bonds. The summed E-state index contributed by atoms with van der Waals surface area (Å²) in [5.74, 6) is 0.471. The fourth-order valence-corrected chi connectivity index (χ4v) is 3.22. The fraction of sp³-hybridized carbons (Fsp3) is 0.391. The third-order valence-corrected chi connectivity index (χ3v) is 4.80. The number of hydrogen-bond donors (Lipinski definition) is 2. The number of amides is 2. The van der Waals surface area contributed by atoms with E-state index >= 15 is 0 Å². The lowest BCUT2D eigenvalue weighted by Crippen LogP contribution is -2.35. The van der Waals surface area contributed by atoms with Crippen LogP contribution in [0.15, 0.2) is 54.6 Å². The van der Waals surface area contributed by atoms with Gasteiger partial charge in [-0.2, -0.15) is 0 Å². The molecule has 0 fully saturated rings. The van der Waals surface area contributed by atoms with Gasteiger partial charge in [0.1, 0.15) is 0 Å². The zero-order valence-corrected chi connectivity index (χ0v) is 16.7. The normalized spacial score (nSPS) is 13.1. The van der Waals surface area contributed by atoms with Crippen LogP contribution in [0, 0.1) is 12.8 Å². The van der Waals surface area contributed by atoms with Crippen LogP contribution >= 0.6 is 0 Å². The maximum atomic E-state index is 12.6. The maximum Gasteiger partial charge on any atom is 0.222 e. The fourth-order valence-electron chi connectivity index (χ4n) is 3.22. The van der Waals surface area contributed by atoms with Crippen molar-refractivity contribution in [1.82, 2.24) is 10.6 Å². The minimum Gasteiger partial charge on any atom is -0.355 e. The molecule has 0 saturated carbocycles. The Balaban J connectivity index is 2.02. The largest absolute Gasteiger partial charge is 0.355 e. The lowest BCUT2D eigenvalue weighted by molar-refractivity contribution is -0.122. The number of benzene rings is 2. The number of carbonyl (C=O) groups is 2. The van der Waals surface area contributed by atoms with Crippen molar-refractivity contribution < 1.29 is 9.59 Å². The molecule has 2 atom stereocenters. The van der Waals surface area contributed by atoms with Crippen LogP contribution in [-0.4, -0.2) is 18.4 Å². The Bertz CT molecular complexity index is 739. The van der Waals surface area contributed by atoms with Crippen LogP contribution < -0.4 is 10.6 Å². The van der Waals surface area contributed by atoms with Crippen LogP contribution in [0.1, 0.15) is 55.8 Å². The number of hydrogen-bond acceptors (Lipinski definition) is 2. The van der Waals surface area contributed by atoms with Crippen molar-refractivity contribution in [2.45, 2.75) is 46.1 Å². The van der Waals surface area contributed by atoms with Crippen molar-refractivity contribution >= 4 is 11.8 Å². The zero-order valence-electron chi connectivity index (χ0n) is 16.7. The number of rotatable bonds is 8. The smallest absolute Gasteiger partial charge is 0.222 e. The Morgan fingerprint density at radius 1 is 0.926 bits per heavy atom. The summed E-state index contributed by atoms with van der Waals surface area (Å²) in [4.78, 5) is 24.1. The highest BCUT2D eigenvalue weighted by Crippen LogP contribution is 2.24. The van der Waals surface area contributed by atoms with E-state index in [0.29, 0.717) is 12.5 Å². The third kappa shape index (κ3) is 6.55. The van der Waals surface area contributed by atoms with Gasteiger partial charge in [0.25, 0.3) is 0 Å². The van der Waals surface area contributed by atoms with Crippen molar-refractivity contribution in [3.05, 3.63) is 71.3 Å². The van der Waals surface area contributed by atoms with E-state index in [1.807, 2.05) is 49.4 Å². The van der Waals surface area contributed by atoms with E-state index in [0.717, 1.165) is 11.1 Å². The molecule has 27 heavy (non-hydrogen) atoms. The van der Waals surface area contributed by atoms with Gasteiger partial charge in [0.2, 0.25) is 11.8 Å². The minimum absolute atomic E-state index is 0.0593. The van der Waals surface area contributed by atoms with Gasteiger partial charge in [-0.1, -0.05) is 74.0 Å². The molecular formula is C23H30N2O2. The van der Waals surface area contributed by atoms with Gasteiger partial charge in [-0.25, -0.2) is 0 Å². The van der Waals surface area contributed by atoms with Crippen molar-refractivity contribution in [3.8, 4) is 0 Å². The molecule has 2 unspecified atom stereocenters. The molecular weight excluding hydrogens is 336 g/mol. The second-order valence-corrected chi connectivity index (χ2v) is 7.43. The second-order valence-electron chi connectivity index (χ2n) is 7.43. The lowest BCUT2D eigenvalue weighted by Gasteiger charge is -2.23. The summed E-state index contributed by atoms with van der Waals surface area (Å²) in [7, 11) is 0. The highest BCUT2D eigenvalue weighted by atomic mass is 16.2.